The molecule has 1 saturated heterocycles. The molecule has 0 saturated carbocycles. The Labute approximate surface area is 121 Å². The van der Waals surface area contributed by atoms with Crippen molar-refractivity contribution in [3.63, 3.8) is 0 Å². The number of carbonyl (C=O) groups is 1. The van der Waals surface area contributed by atoms with Gasteiger partial charge in [-0.2, -0.15) is 5.10 Å². The van der Waals surface area contributed by atoms with Crippen molar-refractivity contribution in [3.8, 4) is 0 Å². The molecule has 5 heteroatoms. The molecule has 5 nitrogen and oxygen atoms in total. The Kier molecular flexibility index (Phi) is 4.48. The number of carbonyl (C=O) groups excluding carboxylic acids is 1. The highest BCUT2D eigenvalue weighted by Gasteiger charge is 2.32. The third-order valence-corrected chi connectivity index (χ3v) is 4.32. The minimum atomic E-state index is -0.0390. The average molecular weight is 278 g/mol. The molecule has 2 heterocycles. The van der Waals surface area contributed by atoms with Crippen LogP contribution in [-0.2, 0) is 13.5 Å². The Morgan fingerprint density at radius 3 is 2.95 bits per heavy atom. The lowest BCUT2D eigenvalue weighted by Gasteiger charge is -2.39. The summed E-state index contributed by atoms with van der Waals surface area (Å²) in [6.45, 7) is 8.26. The zero-order valence-corrected chi connectivity index (χ0v) is 13.0. The molecule has 0 radical (unpaired) electrons. The quantitative estimate of drug-likeness (QED) is 0.877. The lowest BCUT2D eigenvalue weighted by atomic mass is 9.77. The van der Waals surface area contributed by atoms with Crippen molar-refractivity contribution in [2.75, 3.05) is 13.1 Å². The molecule has 1 aliphatic heterocycles. The topological polar surface area (TPSA) is 59.0 Å². The van der Waals surface area contributed by atoms with Gasteiger partial charge in [0.05, 0.1) is 5.69 Å². The minimum absolute atomic E-state index is 0.0390. The van der Waals surface area contributed by atoms with Crippen molar-refractivity contribution in [1.29, 1.82) is 0 Å². The first-order valence-corrected chi connectivity index (χ1v) is 7.48. The molecular formula is C15H26N4O. The van der Waals surface area contributed by atoms with E-state index in [4.69, 9.17) is 0 Å². The zero-order chi connectivity index (χ0) is 14.8. The Hall–Kier alpha value is -1.36. The third-order valence-electron chi connectivity index (χ3n) is 4.32. The predicted octanol–water partition coefficient (Wildman–Crippen LogP) is 1.49. The van der Waals surface area contributed by atoms with Crippen LogP contribution in [0.3, 0.4) is 0 Å². The van der Waals surface area contributed by atoms with Crippen LogP contribution in [0.1, 0.15) is 49.8 Å². The summed E-state index contributed by atoms with van der Waals surface area (Å²) in [7, 11) is 1.82. The van der Waals surface area contributed by atoms with Crippen LogP contribution in [0.25, 0.3) is 0 Å². The fraction of sp³-hybridized carbons (Fsp3) is 0.733. The van der Waals surface area contributed by atoms with Crippen molar-refractivity contribution in [2.24, 2.45) is 12.5 Å². The molecule has 112 valence electrons. The van der Waals surface area contributed by atoms with Gasteiger partial charge in [-0.15, -0.1) is 0 Å². The number of rotatable bonds is 4. The minimum Gasteiger partial charge on any atom is -0.349 e. The molecule has 0 spiro atoms. The van der Waals surface area contributed by atoms with Crippen molar-refractivity contribution < 1.29 is 4.79 Å². The van der Waals surface area contributed by atoms with Crippen molar-refractivity contribution in [1.82, 2.24) is 20.4 Å². The smallest absolute Gasteiger partial charge is 0.269 e. The lowest BCUT2D eigenvalue weighted by Crippen LogP contribution is -2.52. The average Bonchev–Trinajstić information content (AvgIpc) is 2.78. The number of piperidine rings is 1. The van der Waals surface area contributed by atoms with Crippen LogP contribution in [0.5, 0.6) is 0 Å². The highest BCUT2D eigenvalue weighted by atomic mass is 16.2. The molecule has 1 aromatic heterocycles. The van der Waals surface area contributed by atoms with E-state index >= 15 is 0 Å². The Balaban J connectivity index is 1.96. The van der Waals surface area contributed by atoms with Gasteiger partial charge >= 0.3 is 0 Å². The molecule has 2 rings (SSSR count). The zero-order valence-electron chi connectivity index (χ0n) is 13.0. The van der Waals surface area contributed by atoms with E-state index < -0.39 is 0 Å². The normalized spacial score (nSPS) is 21.7. The Bertz CT molecular complexity index is 478. The van der Waals surface area contributed by atoms with Crippen molar-refractivity contribution >= 4 is 5.91 Å². The molecule has 0 aliphatic carbocycles. The molecular weight excluding hydrogens is 252 g/mol. The summed E-state index contributed by atoms with van der Waals surface area (Å²) in [4.78, 5) is 12.2. The fourth-order valence-electron chi connectivity index (χ4n) is 2.82. The van der Waals surface area contributed by atoms with Crippen LogP contribution in [0, 0.1) is 5.41 Å². The molecule has 0 aromatic carbocycles. The summed E-state index contributed by atoms with van der Waals surface area (Å²) in [6, 6.07) is 2.20. The summed E-state index contributed by atoms with van der Waals surface area (Å²) < 4.78 is 1.66. The summed E-state index contributed by atoms with van der Waals surface area (Å²) in [5.74, 6) is -0.0390. The molecule has 20 heavy (non-hydrogen) atoms. The van der Waals surface area contributed by atoms with E-state index in [2.05, 4.69) is 29.6 Å². The first kappa shape index (κ1) is 15.0. The van der Waals surface area contributed by atoms with E-state index in [1.807, 2.05) is 20.0 Å². The number of nitrogens with one attached hydrogen (secondary N) is 2. The number of nitrogens with zero attached hydrogens (tertiary/aromatic N) is 2. The van der Waals surface area contributed by atoms with Gasteiger partial charge < -0.3 is 10.6 Å². The number of aryl methyl sites for hydroxylation is 2. The van der Waals surface area contributed by atoms with Crippen molar-refractivity contribution in [3.05, 3.63) is 17.5 Å². The first-order valence-electron chi connectivity index (χ1n) is 7.48. The van der Waals surface area contributed by atoms with E-state index in [1.54, 1.807) is 4.68 Å². The SMILES string of the molecule is CCc1cc(C(=O)NCC2NCCCC2(C)C)n(C)n1. The maximum atomic E-state index is 12.2. The number of aromatic nitrogens is 2. The van der Waals surface area contributed by atoms with Crippen LogP contribution in [-0.4, -0.2) is 34.8 Å². The van der Waals surface area contributed by atoms with Gasteiger partial charge in [0.1, 0.15) is 5.69 Å². The second kappa shape index (κ2) is 5.95. The molecule has 1 amide bonds. The summed E-state index contributed by atoms with van der Waals surface area (Å²) in [5, 5.41) is 10.9. The van der Waals surface area contributed by atoms with Gasteiger partial charge in [-0.1, -0.05) is 20.8 Å². The summed E-state index contributed by atoms with van der Waals surface area (Å²) in [5.41, 5.74) is 1.82. The standard InChI is InChI=1S/C15H26N4O/c1-5-11-9-12(19(4)18-11)14(20)17-10-13-15(2,3)7-6-8-16-13/h9,13,16H,5-8,10H2,1-4H3,(H,17,20). The molecule has 1 atom stereocenters. The molecule has 1 fully saturated rings. The number of amides is 1. The maximum absolute atomic E-state index is 12.2. The second-order valence-corrected chi connectivity index (χ2v) is 6.31. The van der Waals surface area contributed by atoms with Crippen LogP contribution in [0.4, 0.5) is 0 Å². The van der Waals surface area contributed by atoms with Gasteiger partial charge in [-0.3, -0.25) is 9.48 Å². The lowest BCUT2D eigenvalue weighted by molar-refractivity contribution is 0.0919. The van der Waals surface area contributed by atoms with E-state index in [-0.39, 0.29) is 11.3 Å². The van der Waals surface area contributed by atoms with Crippen LogP contribution < -0.4 is 10.6 Å². The summed E-state index contributed by atoms with van der Waals surface area (Å²) in [6.07, 6.45) is 3.25. The summed E-state index contributed by atoms with van der Waals surface area (Å²) >= 11 is 0. The van der Waals surface area contributed by atoms with Crippen LogP contribution >= 0.6 is 0 Å². The number of hydrogen-bond acceptors (Lipinski definition) is 3. The Morgan fingerprint density at radius 2 is 2.35 bits per heavy atom. The highest BCUT2D eigenvalue weighted by Crippen LogP contribution is 2.29. The number of hydrogen-bond donors (Lipinski definition) is 2. The van der Waals surface area contributed by atoms with Crippen LogP contribution in [0.2, 0.25) is 0 Å². The molecule has 2 N–H and O–H groups in total. The van der Waals surface area contributed by atoms with E-state index in [0.29, 0.717) is 18.3 Å². The van der Waals surface area contributed by atoms with Gasteiger partial charge in [0.15, 0.2) is 0 Å². The van der Waals surface area contributed by atoms with Gasteiger partial charge in [0.2, 0.25) is 0 Å². The van der Waals surface area contributed by atoms with Crippen LogP contribution in [0.15, 0.2) is 6.07 Å². The first-order chi connectivity index (χ1) is 9.44. The van der Waals surface area contributed by atoms with E-state index in [9.17, 15) is 4.79 Å². The monoisotopic (exact) mass is 278 g/mol. The molecule has 1 aliphatic rings. The third kappa shape index (κ3) is 3.20. The Morgan fingerprint density at radius 1 is 1.60 bits per heavy atom. The second-order valence-electron chi connectivity index (χ2n) is 6.31. The van der Waals surface area contributed by atoms with E-state index in [0.717, 1.165) is 18.7 Å². The largest absolute Gasteiger partial charge is 0.349 e. The molecule has 1 unspecified atom stereocenters. The fourth-order valence-corrected chi connectivity index (χ4v) is 2.82. The predicted molar refractivity (Wildman–Crippen MR) is 79.7 cm³/mol. The van der Waals surface area contributed by atoms with Gasteiger partial charge in [-0.25, -0.2) is 0 Å². The molecule has 0 bridgehead atoms. The van der Waals surface area contributed by atoms with Gasteiger partial charge in [-0.05, 0) is 37.3 Å². The highest BCUT2D eigenvalue weighted by molar-refractivity contribution is 5.92. The van der Waals surface area contributed by atoms with Gasteiger partial charge in [0, 0.05) is 19.6 Å². The van der Waals surface area contributed by atoms with Crippen molar-refractivity contribution in [2.45, 2.75) is 46.1 Å². The maximum Gasteiger partial charge on any atom is 0.269 e. The molecule has 1 aromatic rings. The van der Waals surface area contributed by atoms with E-state index in [1.165, 1.54) is 12.8 Å². The van der Waals surface area contributed by atoms with Gasteiger partial charge in [0.25, 0.3) is 5.91 Å².